The lowest BCUT2D eigenvalue weighted by Gasteiger charge is -2.14. The van der Waals surface area contributed by atoms with E-state index in [1.165, 1.54) is 0 Å². The highest BCUT2D eigenvalue weighted by molar-refractivity contribution is 5.73. The Morgan fingerprint density at radius 1 is 1.31 bits per heavy atom. The van der Waals surface area contributed by atoms with Crippen LogP contribution in [0, 0.1) is 0 Å². The summed E-state index contributed by atoms with van der Waals surface area (Å²) in [6.45, 7) is 0. The van der Waals surface area contributed by atoms with Crippen LogP contribution >= 0.6 is 0 Å². The molecule has 0 saturated carbocycles. The Hall–Kier alpha value is -2.17. The van der Waals surface area contributed by atoms with Gasteiger partial charge in [-0.1, -0.05) is 0 Å². The van der Waals surface area contributed by atoms with Gasteiger partial charge in [0.05, 0.1) is 5.69 Å². The number of phenols is 1. The second-order valence-electron chi connectivity index (χ2n) is 3.80. The second kappa shape index (κ2) is 3.77. The van der Waals surface area contributed by atoms with Crippen molar-refractivity contribution in [2.45, 2.75) is 0 Å². The number of nitrogens with zero attached hydrogens (tertiary/aromatic N) is 2. The van der Waals surface area contributed by atoms with Gasteiger partial charge in [0.25, 0.3) is 0 Å². The van der Waals surface area contributed by atoms with E-state index in [0.717, 1.165) is 5.69 Å². The molecule has 0 atom stereocenters. The molecule has 2 aromatic rings. The van der Waals surface area contributed by atoms with Crippen molar-refractivity contribution < 1.29 is 5.11 Å². The molecule has 0 spiro atoms. The molecule has 0 aliphatic heterocycles. The average molecular weight is 218 g/mol. The Morgan fingerprint density at radius 3 is 2.62 bits per heavy atom. The van der Waals surface area contributed by atoms with Crippen molar-refractivity contribution in [2.75, 3.05) is 24.7 Å². The minimum atomic E-state index is 0.203. The summed E-state index contributed by atoms with van der Waals surface area (Å²) in [4.78, 5) is 1.96. The number of aromatic amines is 1. The summed E-state index contributed by atoms with van der Waals surface area (Å²) < 4.78 is 0. The Morgan fingerprint density at radius 2 is 2.06 bits per heavy atom. The second-order valence-corrected chi connectivity index (χ2v) is 3.80. The van der Waals surface area contributed by atoms with E-state index in [1.807, 2.05) is 31.1 Å². The number of aromatic hydroxyl groups is 1. The standard InChI is InChI=1S/C11H14N4O/c1-15(2)7-3-4-10(16)8(5-7)9-6-11(12)14-13-9/h3-6,16H,1-2H3,(H3,12,13,14). The van der Waals surface area contributed by atoms with Crippen molar-refractivity contribution in [3.05, 3.63) is 24.3 Å². The monoisotopic (exact) mass is 218 g/mol. The normalized spacial score (nSPS) is 10.4. The number of H-pyrrole nitrogens is 1. The van der Waals surface area contributed by atoms with Gasteiger partial charge in [-0.15, -0.1) is 0 Å². The van der Waals surface area contributed by atoms with Gasteiger partial charge in [0.1, 0.15) is 11.6 Å². The maximum absolute atomic E-state index is 9.77. The summed E-state index contributed by atoms with van der Waals surface area (Å²) in [5, 5.41) is 16.4. The molecule has 0 bridgehead atoms. The summed E-state index contributed by atoms with van der Waals surface area (Å²) in [6.07, 6.45) is 0. The van der Waals surface area contributed by atoms with E-state index in [-0.39, 0.29) is 5.75 Å². The molecule has 1 aromatic carbocycles. The molecule has 0 unspecified atom stereocenters. The van der Waals surface area contributed by atoms with Gasteiger partial charge >= 0.3 is 0 Å². The average Bonchev–Trinajstić information content (AvgIpc) is 2.65. The molecule has 84 valence electrons. The molecule has 0 radical (unpaired) electrons. The van der Waals surface area contributed by atoms with Gasteiger partial charge < -0.3 is 15.7 Å². The molecular formula is C11H14N4O. The highest BCUT2D eigenvalue weighted by Gasteiger charge is 2.08. The molecule has 0 aliphatic carbocycles. The maximum Gasteiger partial charge on any atom is 0.145 e. The highest BCUT2D eigenvalue weighted by Crippen LogP contribution is 2.31. The summed E-state index contributed by atoms with van der Waals surface area (Å²) >= 11 is 0. The number of hydrogen-bond donors (Lipinski definition) is 3. The topological polar surface area (TPSA) is 78.2 Å². The van der Waals surface area contributed by atoms with E-state index < -0.39 is 0 Å². The number of aromatic nitrogens is 2. The summed E-state index contributed by atoms with van der Waals surface area (Å²) in [7, 11) is 3.88. The van der Waals surface area contributed by atoms with Crippen LogP contribution in [-0.2, 0) is 0 Å². The molecule has 0 fully saturated rings. The minimum Gasteiger partial charge on any atom is -0.507 e. The highest BCUT2D eigenvalue weighted by atomic mass is 16.3. The van der Waals surface area contributed by atoms with Crippen LogP contribution in [0.15, 0.2) is 24.3 Å². The molecular weight excluding hydrogens is 204 g/mol. The third-order valence-corrected chi connectivity index (χ3v) is 2.38. The van der Waals surface area contributed by atoms with Crippen LogP contribution in [0.5, 0.6) is 5.75 Å². The van der Waals surface area contributed by atoms with Crippen LogP contribution in [0.3, 0.4) is 0 Å². The van der Waals surface area contributed by atoms with Crippen molar-refractivity contribution in [3.63, 3.8) is 0 Å². The van der Waals surface area contributed by atoms with Crippen molar-refractivity contribution in [3.8, 4) is 17.0 Å². The largest absolute Gasteiger partial charge is 0.507 e. The summed E-state index contributed by atoms with van der Waals surface area (Å²) in [5.74, 6) is 0.610. The molecule has 4 N–H and O–H groups in total. The molecule has 2 rings (SSSR count). The molecule has 5 nitrogen and oxygen atoms in total. The van der Waals surface area contributed by atoms with E-state index in [0.29, 0.717) is 17.1 Å². The van der Waals surface area contributed by atoms with Gasteiger partial charge in [0.2, 0.25) is 0 Å². The number of anilines is 2. The summed E-state index contributed by atoms with van der Waals surface area (Å²) in [6, 6.07) is 7.07. The zero-order valence-electron chi connectivity index (χ0n) is 9.23. The lowest BCUT2D eigenvalue weighted by Crippen LogP contribution is -2.08. The third kappa shape index (κ3) is 1.79. The molecule has 16 heavy (non-hydrogen) atoms. The number of rotatable bonds is 2. The molecule has 0 saturated heterocycles. The fourth-order valence-corrected chi connectivity index (χ4v) is 1.49. The minimum absolute atomic E-state index is 0.203. The van der Waals surface area contributed by atoms with E-state index in [2.05, 4.69) is 10.2 Å². The van der Waals surface area contributed by atoms with Gasteiger partial charge in [-0.2, -0.15) is 5.10 Å². The predicted molar refractivity (Wildman–Crippen MR) is 64.4 cm³/mol. The lowest BCUT2D eigenvalue weighted by atomic mass is 10.1. The first-order valence-electron chi connectivity index (χ1n) is 4.89. The van der Waals surface area contributed by atoms with E-state index in [9.17, 15) is 5.11 Å². The lowest BCUT2D eigenvalue weighted by molar-refractivity contribution is 0.477. The van der Waals surface area contributed by atoms with Crippen LogP contribution in [0.1, 0.15) is 0 Å². The van der Waals surface area contributed by atoms with Crippen molar-refractivity contribution >= 4 is 11.5 Å². The number of nitrogens with one attached hydrogen (secondary N) is 1. The number of nitrogens with two attached hydrogens (primary N) is 1. The van der Waals surface area contributed by atoms with Gasteiger partial charge in [-0.3, -0.25) is 5.10 Å². The first kappa shape index (κ1) is 10.4. The van der Waals surface area contributed by atoms with Crippen molar-refractivity contribution in [2.24, 2.45) is 0 Å². The number of phenolic OH excluding ortho intramolecular Hbond substituents is 1. The molecule has 0 amide bonds. The third-order valence-electron chi connectivity index (χ3n) is 2.38. The van der Waals surface area contributed by atoms with Gasteiger partial charge in [0.15, 0.2) is 0 Å². The Bertz CT molecular complexity index is 504. The van der Waals surface area contributed by atoms with Crippen LogP contribution in [0.25, 0.3) is 11.3 Å². The van der Waals surface area contributed by atoms with Crippen molar-refractivity contribution in [1.29, 1.82) is 0 Å². The van der Waals surface area contributed by atoms with E-state index in [4.69, 9.17) is 5.73 Å². The van der Waals surface area contributed by atoms with E-state index >= 15 is 0 Å². The number of nitrogen functional groups attached to an aromatic ring is 1. The smallest absolute Gasteiger partial charge is 0.145 e. The molecule has 5 heteroatoms. The first-order valence-corrected chi connectivity index (χ1v) is 4.89. The van der Waals surface area contributed by atoms with E-state index in [1.54, 1.807) is 12.1 Å². The first-order chi connectivity index (χ1) is 7.58. The van der Waals surface area contributed by atoms with Crippen LogP contribution in [-0.4, -0.2) is 29.4 Å². The van der Waals surface area contributed by atoms with Gasteiger partial charge in [0, 0.05) is 31.4 Å². The zero-order chi connectivity index (χ0) is 11.7. The van der Waals surface area contributed by atoms with Crippen molar-refractivity contribution in [1.82, 2.24) is 10.2 Å². The van der Waals surface area contributed by atoms with Crippen LogP contribution in [0.2, 0.25) is 0 Å². The SMILES string of the molecule is CN(C)c1ccc(O)c(-c2cc(N)n[nH]2)c1. The number of benzene rings is 1. The number of hydrogen-bond acceptors (Lipinski definition) is 4. The molecule has 1 aromatic heterocycles. The Labute approximate surface area is 93.5 Å². The Kier molecular flexibility index (Phi) is 2.44. The fourth-order valence-electron chi connectivity index (χ4n) is 1.49. The molecule has 0 aliphatic rings. The van der Waals surface area contributed by atoms with Gasteiger partial charge in [-0.25, -0.2) is 0 Å². The predicted octanol–water partition coefficient (Wildman–Crippen LogP) is 1.43. The fraction of sp³-hybridized carbons (Fsp3) is 0.182. The maximum atomic E-state index is 9.77. The Balaban J connectivity index is 2.51. The molecule has 1 heterocycles. The zero-order valence-corrected chi connectivity index (χ0v) is 9.23. The van der Waals surface area contributed by atoms with Crippen LogP contribution in [0.4, 0.5) is 11.5 Å². The van der Waals surface area contributed by atoms with Crippen LogP contribution < -0.4 is 10.6 Å². The quantitative estimate of drug-likeness (QED) is 0.712. The van der Waals surface area contributed by atoms with Gasteiger partial charge in [-0.05, 0) is 18.2 Å². The summed E-state index contributed by atoms with van der Waals surface area (Å²) in [5.41, 5.74) is 7.93.